The molecule has 0 radical (unpaired) electrons. The first-order valence-corrected chi connectivity index (χ1v) is 11.8. The van der Waals surface area contributed by atoms with Crippen LogP contribution in [0, 0.1) is 0 Å². The van der Waals surface area contributed by atoms with Crippen LogP contribution in [0.25, 0.3) is 0 Å². The van der Waals surface area contributed by atoms with Crippen molar-refractivity contribution in [2.75, 3.05) is 0 Å². The molecule has 148 valence electrons. The van der Waals surface area contributed by atoms with Gasteiger partial charge in [-0.2, -0.15) is 0 Å². The van der Waals surface area contributed by atoms with Gasteiger partial charge >= 0.3 is 59.2 Å². The van der Waals surface area contributed by atoms with Crippen molar-refractivity contribution in [3.63, 3.8) is 0 Å². The SMILES string of the molecule is CCCCCCCCCCCCCCCC(CCC)OP(=O)(O)O.[KH]. The van der Waals surface area contributed by atoms with Crippen molar-refractivity contribution < 1.29 is 18.9 Å². The normalized spacial score (nSPS) is 12.8. The summed E-state index contributed by atoms with van der Waals surface area (Å²) in [4.78, 5) is 17.8. The fraction of sp³-hybridized carbons (Fsp3) is 1.00. The van der Waals surface area contributed by atoms with Gasteiger partial charge in [0.15, 0.2) is 0 Å². The summed E-state index contributed by atoms with van der Waals surface area (Å²) in [7, 11) is -4.34. The van der Waals surface area contributed by atoms with Gasteiger partial charge in [0.1, 0.15) is 0 Å². The van der Waals surface area contributed by atoms with E-state index in [1.807, 2.05) is 6.92 Å². The Hall–Kier alpha value is 1.75. The van der Waals surface area contributed by atoms with E-state index in [0.29, 0.717) is 0 Å². The molecule has 1 atom stereocenters. The van der Waals surface area contributed by atoms with Gasteiger partial charge in [0.05, 0.1) is 6.10 Å². The van der Waals surface area contributed by atoms with E-state index in [9.17, 15) is 4.57 Å². The molecule has 0 rings (SSSR count). The van der Waals surface area contributed by atoms with Gasteiger partial charge in [-0.15, -0.1) is 0 Å². The van der Waals surface area contributed by atoms with E-state index >= 15 is 0 Å². The zero-order valence-electron chi connectivity index (χ0n) is 16.0. The number of phosphoric acid groups is 1. The Bertz CT molecular complexity index is 310. The van der Waals surface area contributed by atoms with E-state index in [1.165, 1.54) is 70.6 Å². The molecular weight excluding hydrogens is 362 g/mol. The first kappa shape index (κ1) is 29.0. The van der Waals surface area contributed by atoms with Crippen LogP contribution in [0.2, 0.25) is 0 Å². The Morgan fingerprint density at radius 3 is 1.44 bits per heavy atom. The van der Waals surface area contributed by atoms with Gasteiger partial charge in [-0.3, -0.25) is 4.52 Å². The van der Waals surface area contributed by atoms with Crippen LogP contribution in [-0.4, -0.2) is 67.3 Å². The summed E-state index contributed by atoms with van der Waals surface area (Å²) >= 11 is 0. The van der Waals surface area contributed by atoms with E-state index in [2.05, 4.69) is 6.92 Å². The first-order chi connectivity index (χ1) is 11.5. The molecule has 0 saturated heterocycles. The number of hydrogen-bond donors (Lipinski definition) is 2. The van der Waals surface area contributed by atoms with Crippen LogP contribution in [0.4, 0.5) is 0 Å². The van der Waals surface area contributed by atoms with E-state index in [0.717, 1.165) is 32.1 Å². The maximum absolute atomic E-state index is 10.9. The second-order valence-corrected chi connectivity index (χ2v) is 8.23. The molecule has 0 saturated carbocycles. The van der Waals surface area contributed by atoms with Crippen molar-refractivity contribution in [1.82, 2.24) is 0 Å². The van der Waals surface area contributed by atoms with Crippen LogP contribution >= 0.6 is 7.82 Å². The molecule has 0 amide bonds. The topological polar surface area (TPSA) is 66.8 Å². The Kier molecular flexibility index (Phi) is 23.7. The Labute approximate surface area is 198 Å². The molecule has 0 aliphatic rings. The molecule has 2 N–H and O–H groups in total. The Morgan fingerprint density at radius 1 is 0.680 bits per heavy atom. The van der Waals surface area contributed by atoms with E-state index in [-0.39, 0.29) is 57.5 Å². The number of rotatable bonds is 18. The molecule has 0 aliphatic heterocycles. The van der Waals surface area contributed by atoms with Crippen molar-refractivity contribution in [3.8, 4) is 0 Å². The number of phosphoric ester groups is 1. The van der Waals surface area contributed by atoms with Crippen molar-refractivity contribution >= 4 is 59.2 Å². The predicted molar refractivity (Wildman–Crippen MR) is 109 cm³/mol. The standard InChI is InChI=1S/C19H41O4P.K.H/c1-3-5-6-7-8-9-10-11-12-13-14-15-16-18-19(17-4-2)23-24(20,21)22;;/h19H,3-18H2,1-2H3,(H2,20,21,22);;. The van der Waals surface area contributed by atoms with Gasteiger partial charge in [-0.1, -0.05) is 104 Å². The monoisotopic (exact) mass is 404 g/mol. The zero-order valence-corrected chi connectivity index (χ0v) is 16.9. The third-order valence-corrected chi connectivity index (χ3v) is 5.10. The molecule has 0 aromatic heterocycles. The van der Waals surface area contributed by atoms with E-state index < -0.39 is 7.82 Å². The van der Waals surface area contributed by atoms with Crippen LogP contribution in [0.1, 0.15) is 117 Å². The van der Waals surface area contributed by atoms with Crippen molar-refractivity contribution in [2.24, 2.45) is 0 Å². The fourth-order valence-corrected chi connectivity index (χ4v) is 3.75. The van der Waals surface area contributed by atoms with Gasteiger partial charge < -0.3 is 9.79 Å². The molecule has 1 unspecified atom stereocenters. The number of unbranched alkanes of at least 4 members (excludes halogenated alkanes) is 12. The van der Waals surface area contributed by atoms with Gasteiger partial charge in [0, 0.05) is 0 Å². The summed E-state index contributed by atoms with van der Waals surface area (Å²) in [6.07, 6.45) is 19.1. The van der Waals surface area contributed by atoms with Crippen LogP contribution in [0.5, 0.6) is 0 Å². The maximum atomic E-state index is 10.9. The molecule has 0 heterocycles. The molecule has 6 heteroatoms. The van der Waals surface area contributed by atoms with Crippen molar-refractivity contribution in [2.45, 2.75) is 123 Å². The van der Waals surface area contributed by atoms with E-state index in [1.54, 1.807) is 0 Å². The van der Waals surface area contributed by atoms with Crippen LogP contribution < -0.4 is 0 Å². The summed E-state index contributed by atoms with van der Waals surface area (Å²) in [5, 5.41) is 0. The predicted octanol–water partition coefficient (Wildman–Crippen LogP) is 6.10. The summed E-state index contributed by atoms with van der Waals surface area (Å²) in [6.45, 7) is 4.27. The van der Waals surface area contributed by atoms with Gasteiger partial charge in [0.25, 0.3) is 0 Å². The van der Waals surface area contributed by atoms with Crippen molar-refractivity contribution in [3.05, 3.63) is 0 Å². The third kappa shape index (κ3) is 23.7. The average molecular weight is 405 g/mol. The molecule has 0 aromatic carbocycles. The minimum atomic E-state index is -4.34. The minimum absolute atomic E-state index is 0. The molecule has 0 aromatic rings. The van der Waals surface area contributed by atoms with E-state index in [4.69, 9.17) is 14.3 Å². The first-order valence-electron chi connectivity index (χ1n) is 10.2. The summed E-state index contributed by atoms with van der Waals surface area (Å²) in [5.74, 6) is 0. The Balaban J connectivity index is 0. The summed E-state index contributed by atoms with van der Waals surface area (Å²) < 4.78 is 15.8. The molecule has 25 heavy (non-hydrogen) atoms. The summed E-state index contributed by atoms with van der Waals surface area (Å²) in [5.41, 5.74) is 0. The quantitative estimate of drug-likeness (QED) is 0.165. The van der Waals surface area contributed by atoms with Crippen LogP contribution in [0.15, 0.2) is 0 Å². The average Bonchev–Trinajstić information content (AvgIpc) is 2.50. The fourth-order valence-electron chi connectivity index (χ4n) is 3.16. The van der Waals surface area contributed by atoms with Gasteiger partial charge in [-0.05, 0) is 12.8 Å². The summed E-state index contributed by atoms with van der Waals surface area (Å²) in [6, 6.07) is 0. The Morgan fingerprint density at radius 2 is 1.08 bits per heavy atom. The van der Waals surface area contributed by atoms with Crippen molar-refractivity contribution in [1.29, 1.82) is 0 Å². The molecule has 0 fully saturated rings. The second kappa shape index (κ2) is 20.5. The van der Waals surface area contributed by atoms with Crippen LogP contribution in [-0.2, 0) is 9.09 Å². The second-order valence-electron chi connectivity index (χ2n) is 7.04. The molecule has 0 aliphatic carbocycles. The number of hydrogen-bond acceptors (Lipinski definition) is 2. The molecular formula is C19H42KO4P. The van der Waals surface area contributed by atoms with Gasteiger partial charge in [-0.25, -0.2) is 4.57 Å². The third-order valence-electron chi connectivity index (χ3n) is 4.53. The van der Waals surface area contributed by atoms with Crippen LogP contribution in [0.3, 0.4) is 0 Å². The zero-order chi connectivity index (χ0) is 18.1. The molecule has 0 spiro atoms. The molecule has 0 bridgehead atoms. The van der Waals surface area contributed by atoms with Gasteiger partial charge in [0.2, 0.25) is 0 Å². The molecule has 4 nitrogen and oxygen atoms in total.